The van der Waals surface area contributed by atoms with Gasteiger partial charge in [-0.05, 0) is 64.3 Å². The maximum atomic E-state index is 13.5. The van der Waals surface area contributed by atoms with Crippen molar-refractivity contribution in [2.24, 2.45) is 0 Å². The van der Waals surface area contributed by atoms with Crippen LogP contribution in [0.5, 0.6) is 0 Å². The molecule has 3 aromatic rings. The number of pyridine rings is 2. The molecule has 6 rings (SSSR count). The third kappa shape index (κ3) is 3.27. The number of aromatic nitrogens is 5. The van der Waals surface area contributed by atoms with Gasteiger partial charge in [0, 0.05) is 34.8 Å². The van der Waals surface area contributed by atoms with E-state index >= 15 is 0 Å². The minimum atomic E-state index is -0.00320. The third-order valence-electron chi connectivity index (χ3n) is 7.51. The zero-order valence-corrected chi connectivity index (χ0v) is 19.4. The van der Waals surface area contributed by atoms with Crippen LogP contribution in [0.25, 0.3) is 11.5 Å². The van der Waals surface area contributed by atoms with Crippen molar-refractivity contribution in [1.82, 2.24) is 30.0 Å². The Morgan fingerprint density at radius 3 is 2.70 bits per heavy atom. The molecule has 0 atom stereocenters. The Balaban J connectivity index is 1.37. The Kier molecular flexibility index (Phi) is 4.62. The summed E-state index contributed by atoms with van der Waals surface area (Å²) in [6.07, 6.45) is 5.78. The maximum Gasteiger partial charge on any atom is 0.260 e. The van der Waals surface area contributed by atoms with Crippen molar-refractivity contribution in [3.63, 3.8) is 0 Å². The standard InChI is InChI=1S/C25H29N7O/c1-15-29-30-23(32(15)16-6-4-7-16)19-8-5-9-22(28-19)31-14-18-17(24(31)33)12-21(25(2)10-11-25)27-20(18)13-26-3/h5,8-9,12,16,26H,4,6-7,10-11,13-14H2,1-3H3. The lowest BCUT2D eigenvalue weighted by Gasteiger charge is -2.28. The molecule has 0 aromatic carbocycles. The van der Waals surface area contributed by atoms with Crippen LogP contribution in [-0.4, -0.2) is 37.7 Å². The Bertz CT molecular complexity index is 1260. The monoisotopic (exact) mass is 443 g/mol. The first-order chi connectivity index (χ1) is 16.0. The summed E-state index contributed by atoms with van der Waals surface area (Å²) in [7, 11) is 1.92. The van der Waals surface area contributed by atoms with Crippen LogP contribution < -0.4 is 10.2 Å². The van der Waals surface area contributed by atoms with E-state index < -0.39 is 0 Å². The summed E-state index contributed by atoms with van der Waals surface area (Å²) in [6.45, 7) is 5.35. The van der Waals surface area contributed by atoms with Crippen LogP contribution >= 0.6 is 0 Å². The van der Waals surface area contributed by atoms with Crippen LogP contribution in [0.15, 0.2) is 24.3 Å². The molecular formula is C25H29N7O. The summed E-state index contributed by atoms with van der Waals surface area (Å²) in [5.41, 5.74) is 4.62. The van der Waals surface area contributed by atoms with Crippen molar-refractivity contribution >= 4 is 11.7 Å². The van der Waals surface area contributed by atoms with E-state index in [9.17, 15) is 4.79 Å². The van der Waals surface area contributed by atoms with Gasteiger partial charge in [0.1, 0.15) is 17.3 Å². The predicted molar refractivity (Wildman–Crippen MR) is 125 cm³/mol. The number of carbonyl (C=O) groups excluding carboxylic acids is 1. The lowest BCUT2D eigenvalue weighted by atomic mass is 9.92. The summed E-state index contributed by atoms with van der Waals surface area (Å²) in [6, 6.07) is 8.26. The molecule has 3 aromatic heterocycles. The minimum absolute atomic E-state index is 0.00320. The SMILES string of the molecule is CNCc1nc(C2(C)CC2)cc2c1CN(c1cccc(-c3nnc(C)n3C3CCC3)n1)C2=O. The molecule has 0 spiro atoms. The highest BCUT2D eigenvalue weighted by molar-refractivity contribution is 6.09. The molecule has 33 heavy (non-hydrogen) atoms. The van der Waals surface area contributed by atoms with Crippen molar-refractivity contribution in [2.45, 2.75) is 70.5 Å². The lowest BCUT2D eigenvalue weighted by molar-refractivity contribution is 0.0995. The molecule has 0 saturated heterocycles. The number of nitrogens with one attached hydrogen (secondary N) is 1. The van der Waals surface area contributed by atoms with Gasteiger partial charge < -0.3 is 9.88 Å². The average molecular weight is 444 g/mol. The van der Waals surface area contributed by atoms with Gasteiger partial charge in [-0.15, -0.1) is 10.2 Å². The molecular weight excluding hydrogens is 414 g/mol. The first-order valence-electron chi connectivity index (χ1n) is 11.9. The van der Waals surface area contributed by atoms with Crippen LogP contribution in [-0.2, 0) is 18.5 Å². The van der Waals surface area contributed by atoms with Crippen molar-refractivity contribution in [2.75, 3.05) is 11.9 Å². The molecule has 170 valence electrons. The number of carbonyl (C=O) groups is 1. The van der Waals surface area contributed by atoms with E-state index in [2.05, 4.69) is 27.0 Å². The summed E-state index contributed by atoms with van der Waals surface area (Å²) in [5, 5.41) is 12.0. The Morgan fingerprint density at radius 1 is 1.18 bits per heavy atom. The molecule has 1 amide bonds. The number of amides is 1. The highest BCUT2D eigenvalue weighted by atomic mass is 16.2. The van der Waals surface area contributed by atoms with Crippen molar-refractivity contribution in [3.8, 4) is 11.5 Å². The molecule has 8 nitrogen and oxygen atoms in total. The highest BCUT2D eigenvalue weighted by Crippen LogP contribution is 2.48. The zero-order valence-electron chi connectivity index (χ0n) is 19.4. The van der Waals surface area contributed by atoms with E-state index in [1.54, 1.807) is 4.90 Å². The van der Waals surface area contributed by atoms with Gasteiger partial charge in [0.25, 0.3) is 5.91 Å². The number of fused-ring (bicyclic) bond motifs is 1. The minimum Gasteiger partial charge on any atom is -0.314 e. The van der Waals surface area contributed by atoms with Gasteiger partial charge in [0.05, 0.1) is 12.2 Å². The van der Waals surface area contributed by atoms with Crippen LogP contribution in [0.2, 0.25) is 0 Å². The van der Waals surface area contributed by atoms with Gasteiger partial charge >= 0.3 is 0 Å². The fourth-order valence-corrected chi connectivity index (χ4v) is 4.94. The van der Waals surface area contributed by atoms with Crippen LogP contribution in [0, 0.1) is 6.92 Å². The van der Waals surface area contributed by atoms with Gasteiger partial charge in [0.2, 0.25) is 0 Å². The van der Waals surface area contributed by atoms with E-state index in [0.717, 1.165) is 65.5 Å². The van der Waals surface area contributed by atoms with E-state index in [-0.39, 0.29) is 11.3 Å². The van der Waals surface area contributed by atoms with Crippen molar-refractivity contribution in [3.05, 3.63) is 52.6 Å². The second-order valence-electron chi connectivity index (χ2n) is 9.87. The lowest BCUT2D eigenvalue weighted by Crippen LogP contribution is -2.24. The first kappa shape index (κ1) is 20.5. The Morgan fingerprint density at radius 2 is 2.00 bits per heavy atom. The molecule has 3 aliphatic rings. The average Bonchev–Trinajstić information content (AvgIpc) is 3.30. The highest BCUT2D eigenvalue weighted by Gasteiger charge is 2.43. The van der Waals surface area contributed by atoms with Gasteiger partial charge in [-0.3, -0.25) is 14.7 Å². The van der Waals surface area contributed by atoms with Crippen molar-refractivity contribution < 1.29 is 4.79 Å². The predicted octanol–water partition coefficient (Wildman–Crippen LogP) is 3.70. The summed E-state index contributed by atoms with van der Waals surface area (Å²) >= 11 is 0. The fourth-order valence-electron chi connectivity index (χ4n) is 4.94. The summed E-state index contributed by atoms with van der Waals surface area (Å²) in [5.74, 6) is 2.33. The fraction of sp³-hybridized carbons (Fsp3) is 0.480. The number of rotatable bonds is 6. The number of anilines is 1. The third-order valence-corrected chi connectivity index (χ3v) is 7.51. The number of hydrogen-bond acceptors (Lipinski definition) is 6. The van der Waals surface area contributed by atoms with Gasteiger partial charge in [0.15, 0.2) is 5.82 Å². The number of nitrogens with zero attached hydrogens (tertiary/aromatic N) is 6. The van der Waals surface area contributed by atoms with Gasteiger partial charge in [-0.2, -0.15) is 0 Å². The van der Waals surface area contributed by atoms with Crippen LogP contribution in [0.1, 0.15) is 78.2 Å². The van der Waals surface area contributed by atoms with Crippen molar-refractivity contribution in [1.29, 1.82) is 0 Å². The molecule has 0 bridgehead atoms. The van der Waals surface area contributed by atoms with E-state index in [4.69, 9.17) is 9.97 Å². The molecule has 2 fully saturated rings. The molecule has 8 heteroatoms. The Hall–Kier alpha value is -3.13. The second-order valence-corrected chi connectivity index (χ2v) is 9.87. The van der Waals surface area contributed by atoms with E-state index in [1.807, 2.05) is 38.2 Å². The summed E-state index contributed by atoms with van der Waals surface area (Å²) < 4.78 is 2.20. The zero-order chi connectivity index (χ0) is 22.7. The molecule has 0 radical (unpaired) electrons. The molecule has 4 heterocycles. The quantitative estimate of drug-likeness (QED) is 0.625. The first-order valence-corrected chi connectivity index (χ1v) is 11.9. The Labute approximate surface area is 193 Å². The number of hydrogen-bond donors (Lipinski definition) is 1. The van der Waals surface area contributed by atoms with Gasteiger partial charge in [-0.25, -0.2) is 4.98 Å². The van der Waals surface area contributed by atoms with Crippen LogP contribution in [0.3, 0.4) is 0 Å². The maximum absolute atomic E-state index is 13.5. The molecule has 0 unspecified atom stereocenters. The van der Waals surface area contributed by atoms with Gasteiger partial charge in [-0.1, -0.05) is 13.0 Å². The van der Waals surface area contributed by atoms with E-state index in [1.165, 1.54) is 6.42 Å². The normalized spacial score (nSPS) is 19.0. The molecule has 1 N–H and O–H groups in total. The molecule has 2 aliphatic carbocycles. The van der Waals surface area contributed by atoms with Crippen LogP contribution in [0.4, 0.5) is 5.82 Å². The van der Waals surface area contributed by atoms with E-state index in [0.29, 0.717) is 24.9 Å². The summed E-state index contributed by atoms with van der Waals surface area (Å²) in [4.78, 5) is 25.1. The number of aryl methyl sites for hydroxylation is 1. The molecule has 2 saturated carbocycles. The largest absolute Gasteiger partial charge is 0.314 e. The second kappa shape index (κ2) is 7.45. The molecule has 1 aliphatic heterocycles. The topological polar surface area (TPSA) is 88.8 Å². The smallest absolute Gasteiger partial charge is 0.260 e.